The van der Waals surface area contributed by atoms with Gasteiger partial charge in [0.05, 0.1) is 22.5 Å². The fourth-order valence-corrected chi connectivity index (χ4v) is 2.25. The Morgan fingerprint density at radius 1 is 1.14 bits per heavy atom. The van der Waals surface area contributed by atoms with Crippen LogP contribution in [0.3, 0.4) is 0 Å². The molecule has 2 nitrogen and oxygen atoms in total. The third-order valence-corrected chi connectivity index (χ3v) is 3.84. The lowest BCUT2D eigenvalue weighted by Gasteiger charge is -2.15. The van der Waals surface area contributed by atoms with Gasteiger partial charge in [0.15, 0.2) is 0 Å². The number of carbonyl (C=O) groups is 1. The minimum absolute atomic E-state index is 0.139. The van der Waals surface area contributed by atoms with Crippen molar-refractivity contribution in [2.75, 3.05) is 0 Å². The van der Waals surface area contributed by atoms with Crippen LogP contribution < -0.4 is 5.32 Å². The average molecular weight is 326 g/mol. The van der Waals surface area contributed by atoms with Gasteiger partial charge in [0.25, 0.3) is 0 Å². The molecule has 0 aliphatic rings. The first-order chi connectivity index (χ1) is 9.95. The molecule has 1 amide bonds. The highest BCUT2D eigenvalue weighted by atomic mass is 35.5. The Hall–Kier alpha value is -1.58. The Morgan fingerprint density at radius 3 is 2.43 bits per heavy atom. The molecule has 0 aromatic heterocycles. The topological polar surface area (TPSA) is 29.1 Å². The van der Waals surface area contributed by atoms with Crippen molar-refractivity contribution in [3.8, 4) is 0 Å². The number of halogens is 3. The second-order valence-corrected chi connectivity index (χ2v) is 5.58. The lowest BCUT2D eigenvalue weighted by molar-refractivity contribution is -0.121. The van der Waals surface area contributed by atoms with Crippen molar-refractivity contribution in [1.82, 2.24) is 5.32 Å². The molecule has 0 heterocycles. The second-order valence-electron chi connectivity index (χ2n) is 4.77. The summed E-state index contributed by atoms with van der Waals surface area (Å²) in [5, 5.41) is 3.80. The average Bonchev–Trinajstić information content (AvgIpc) is 2.44. The molecular weight excluding hydrogens is 312 g/mol. The fourth-order valence-electron chi connectivity index (χ4n) is 1.95. The predicted octanol–water partition coefficient (Wildman–Crippen LogP) is 4.55. The molecular formula is C16H14Cl2FNO. The maximum Gasteiger partial charge on any atom is 0.224 e. The number of rotatable bonds is 4. The van der Waals surface area contributed by atoms with Crippen LogP contribution in [0.15, 0.2) is 42.5 Å². The number of benzene rings is 2. The Morgan fingerprint density at radius 2 is 1.81 bits per heavy atom. The van der Waals surface area contributed by atoms with Gasteiger partial charge in [0, 0.05) is 0 Å². The quantitative estimate of drug-likeness (QED) is 0.877. The monoisotopic (exact) mass is 325 g/mol. The third kappa shape index (κ3) is 4.45. The summed E-state index contributed by atoms with van der Waals surface area (Å²) in [6.07, 6.45) is 0.200. The maximum absolute atomic E-state index is 12.8. The van der Waals surface area contributed by atoms with Gasteiger partial charge in [-0.25, -0.2) is 4.39 Å². The molecule has 0 saturated carbocycles. The summed E-state index contributed by atoms with van der Waals surface area (Å²) in [6, 6.07) is 10.9. The van der Waals surface area contributed by atoms with Gasteiger partial charge in [-0.15, -0.1) is 0 Å². The molecule has 5 heteroatoms. The van der Waals surface area contributed by atoms with Gasteiger partial charge in [-0.05, 0) is 42.3 Å². The van der Waals surface area contributed by atoms with Crippen molar-refractivity contribution in [2.24, 2.45) is 0 Å². The van der Waals surface area contributed by atoms with Crippen LogP contribution in [0.4, 0.5) is 4.39 Å². The molecule has 21 heavy (non-hydrogen) atoms. The van der Waals surface area contributed by atoms with E-state index in [1.807, 2.05) is 13.0 Å². The van der Waals surface area contributed by atoms with E-state index in [-0.39, 0.29) is 24.2 Å². The second kappa shape index (κ2) is 6.92. The van der Waals surface area contributed by atoms with Gasteiger partial charge >= 0.3 is 0 Å². The summed E-state index contributed by atoms with van der Waals surface area (Å²) in [7, 11) is 0. The molecule has 0 saturated heterocycles. The highest BCUT2D eigenvalue weighted by molar-refractivity contribution is 6.42. The van der Waals surface area contributed by atoms with Gasteiger partial charge in [0.1, 0.15) is 5.82 Å². The van der Waals surface area contributed by atoms with Crippen molar-refractivity contribution in [3.05, 3.63) is 69.5 Å². The van der Waals surface area contributed by atoms with Crippen LogP contribution in [0.1, 0.15) is 24.1 Å². The number of hydrogen-bond acceptors (Lipinski definition) is 1. The predicted molar refractivity (Wildman–Crippen MR) is 83.1 cm³/mol. The highest BCUT2D eigenvalue weighted by Gasteiger charge is 2.11. The van der Waals surface area contributed by atoms with Crippen LogP contribution >= 0.6 is 23.2 Å². The SMILES string of the molecule is CC(NC(=O)Cc1ccc(F)cc1)c1ccc(Cl)c(Cl)c1. The number of hydrogen-bond donors (Lipinski definition) is 1. The third-order valence-electron chi connectivity index (χ3n) is 3.10. The van der Waals surface area contributed by atoms with E-state index in [1.165, 1.54) is 12.1 Å². The minimum Gasteiger partial charge on any atom is -0.349 e. The molecule has 0 spiro atoms. The fraction of sp³-hybridized carbons (Fsp3) is 0.188. The van der Waals surface area contributed by atoms with E-state index in [1.54, 1.807) is 24.3 Å². The van der Waals surface area contributed by atoms with Crippen LogP contribution in [-0.2, 0) is 11.2 Å². The lowest BCUT2D eigenvalue weighted by Crippen LogP contribution is -2.28. The van der Waals surface area contributed by atoms with E-state index < -0.39 is 0 Å². The summed E-state index contributed by atoms with van der Waals surface area (Å²) in [5.74, 6) is -0.455. The molecule has 0 radical (unpaired) electrons. The van der Waals surface area contributed by atoms with Crippen molar-refractivity contribution in [1.29, 1.82) is 0 Å². The van der Waals surface area contributed by atoms with E-state index in [4.69, 9.17) is 23.2 Å². The normalized spacial score (nSPS) is 12.0. The van der Waals surface area contributed by atoms with Gasteiger partial charge in [-0.2, -0.15) is 0 Å². The molecule has 0 bridgehead atoms. The molecule has 1 N–H and O–H groups in total. The highest BCUT2D eigenvalue weighted by Crippen LogP contribution is 2.25. The van der Waals surface area contributed by atoms with E-state index in [2.05, 4.69) is 5.32 Å². The molecule has 1 unspecified atom stereocenters. The molecule has 2 rings (SSSR count). The first kappa shape index (κ1) is 15.8. The standard InChI is InChI=1S/C16H14Cl2FNO/c1-10(12-4-7-14(17)15(18)9-12)20-16(21)8-11-2-5-13(19)6-3-11/h2-7,9-10H,8H2,1H3,(H,20,21). The Kier molecular flexibility index (Phi) is 5.21. The summed E-state index contributed by atoms with van der Waals surface area (Å²) < 4.78 is 12.8. The molecule has 0 fully saturated rings. The molecule has 2 aromatic carbocycles. The van der Waals surface area contributed by atoms with Crippen LogP contribution in [0.5, 0.6) is 0 Å². The zero-order valence-corrected chi connectivity index (χ0v) is 12.9. The summed E-state index contributed by atoms with van der Waals surface area (Å²) in [6.45, 7) is 1.86. The maximum atomic E-state index is 12.8. The first-order valence-electron chi connectivity index (χ1n) is 6.44. The minimum atomic E-state index is -0.316. The van der Waals surface area contributed by atoms with Gasteiger partial charge < -0.3 is 5.32 Å². The van der Waals surface area contributed by atoms with E-state index >= 15 is 0 Å². The molecule has 110 valence electrons. The Bertz CT molecular complexity index is 643. The van der Waals surface area contributed by atoms with E-state index in [9.17, 15) is 9.18 Å². The van der Waals surface area contributed by atoms with Gasteiger partial charge in [0.2, 0.25) is 5.91 Å². The number of amides is 1. The Labute approximate surface area is 132 Å². The molecule has 2 aromatic rings. The zero-order chi connectivity index (χ0) is 15.4. The van der Waals surface area contributed by atoms with E-state index in [0.717, 1.165) is 11.1 Å². The summed E-state index contributed by atoms with van der Waals surface area (Å²) in [4.78, 5) is 12.0. The van der Waals surface area contributed by atoms with Crippen molar-refractivity contribution < 1.29 is 9.18 Å². The molecule has 0 aliphatic heterocycles. The van der Waals surface area contributed by atoms with Crippen LogP contribution in [0.2, 0.25) is 10.0 Å². The molecule has 0 aliphatic carbocycles. The van der Waals surface area contributed by atoms with Crippen LogP contribution in [0, 0.1) is 5.82 Å². The smallest absolute Gasteiger partial charge is 0.224 e. The van der Waals surface area contributed by atoms with Crippen LogP contribution in [0.25, 0.3) is 0 Å². The van der Waals surface area contributed by atoms with Crippen LogP contribution in [-0.4, -0.2) is 5.91 Å². The number of carbonyl (C=O) groups excluding carboxylic acids is 1. The number of nitrogens with one attached hydrogen (secondary N) is 1. The molecule has 1 atom stereocenters. The van der Waals surface area contributed by atoms with Crippen molar-refractivity contribution in [2.45, 2.75) is 19.4 Å². The first-order valence-corrected chi connectivity index (χ1v) is 7.20. The lowest BCUT2D eigenvalue weighted by atomic mass is 10.1. The van der Waals surface area contributed by atoms with Gasteiger partial charge in [-0.3, -0.25) is 4.79 Å². The van der Waals surface area contributed by atoms with Crippen molar-refractivity contribution >= 4 is 29.1 Å². The van der Waals surface area contributed by atoms with Gasteiger partial charge in [-0.1, -0.05) is 41.4 Å². The summed E-state index contributed by atoms with van der Waals surface area (Å²) in [5.41, 5.74) is 1.63. The largest absolute Gasteiger partial charge is 0.349 e. The Balaban J connectivity index is 1.98. The van der Waals surface area contributed by atoms with E-state index in [0.29, 0.717) is 10.0 Å². The zero-order valence-electron chi connectivity index (χ0n) is 11.4. The summed E-state index contributed by atoms with van der Waals surface area (Å²) >= 11 is 11.8. The van der Waals surface area contributed by atoms with Crippen molar-refractivity contribution in [3.63, 3.8) is 0 Å².